The summed E-state index contributed by atoms with van der Waals surface area (Å²) in [5.41, 5.74) is 7.50. The Kier molecular flexibility index (Phi) is 3.82. The number of benzene rings is 2. The zero-order valence-electron chi connectivity index (χ0n) is 13.9. The molecule has 1 aliphatic carbocycles. The third-order valence-corrected chi connectivity index (χ3v) is 4.65. The molecule has 0 saturated carbocycles. The van der Waals surface area contributed by atoms with Crippen molar-refractivity contribution in [3.63, 3.8) is 0 Å². The minimum Gasteiger partial charge on any atom is -0.505 e. The average molecular weight is 330 g/mol. The zero-order chi connectivity index (χ0) is 17.4. The van der Waals surface area contributed by atoms with E-state index in [9.17, 15) is 10.2 Å². The van der Waals surface area contributed by atoms with Gasteiger partial charge in [-0.15, -0.1) is 0 Å². The van der Waals surface area contributed by atoms with Gasteiger partial charge >= 0.3 is 0 Å². The van der Waals surface area contributed by atoms with Crippen LogP contribution in [0, 0.1) is 6.92 Å². The number of hydrogen-bond acceptors (Lipinski definition) is 4. The first-order valence-corrected chi connectivity index (χ1v) is 8.21. The normalized spacial score (nSPS) is 12.4. The van der Waals surface area contributed by atoms with E-state index in [4.69, 9.17) is 0 Å². The van der Waals surface area contributed by atoms with E-state index in [0.717, 1.165) is 12.1 Å². The molecule has 25 heavy (non-hydrogen) atoms. The van der Waals surface area contributed by atoms with Crippen molar-refractivity contribution in [1.29, 1.82) is 0 Å². The van der Waals surface area contributed by atoms with Crippen LogP contribution in [0.5, 0.6) is 5.75 Å². The highest BCUT2D eigenvalue weighted by Crippen LogP contribution is 2.38. The molecule has 4 rings (SSSR count). The maximum Gasteiger partial charge on any atom is 0.145 e. The molecular formula is C21H18N2O2. The van der Waals surface area contributed by atoms with Crippen LogP contribution in [0.1, 0.15) is 27.9 Å². The van der Waals surface area contributed by atoms with Crippen LogP contribution in [0.3, 0.4) is 0 Å². The van der Waals surface area contributed by atoms with Gasteiger partial charge in [0.1, 0.15) is 5.75 Å². The van der Waals surface area contributed by atoms with Crippen LogP contribution >= 0.6 is 0 Å². The first-order valence-electron chi connectivity index (χ1n) is 8.21. The molecule has 0 bridgehead atoms. The first-order chi connectivity index (χ1) is 12.2. The molecule has 2 N–H and O–H groups in total. The summed E-state index contributed by atoms with van der Waals surface area (Å²) in [6, 6.07) is 14.6. The molecule has 0 saturated heterocycles. The highest BCUT2D eigenvalue weighted by atomic mass is 16.3. The summed E-state index contributed by atoms with van der Waals surface area (Å²) in [5, 5.41) is 19.7. The summed E-state index contributed by atoms with van der Waals surface area (Å²) in [4.78, 5) is 8.58. The van der Waals surface area contributed by atoms with Crippen molar-refractivity contribution in [1.82, 2.24) is 4.98 Å². The van der Waals surface area contributed by atoms with Crippen molar-refractivity contribution in [3.05, 3.63) is 76.6 Å². The van der Waals surface area contributed by atoms with Crippen LogP contribution in [0.4, 0.5) is 5.69 Å². The minimum atomic E-state index is -0.195. The number of aliphatic hydroxyl groups excluding tert-OH is 1. The summed E-state index contributed by atoms with van der Waals surface area (Å²) < 4.78 is 0. The number of aliphatic hydroxyl groups is 1. The van der Waals surface area contributed by atoms with Crippen molar-refractivity contribution in [2.24, 2.45) is 4.99 Å². The molecule has 0 aliphatic heterocycles. The molecule has 0 unspecified atom stereocenters. The summed E-state index contributed by atoms with van der Waals surface area (Å²) in [6.07, 6.45) is 4.11. The third-order valence-electron chi connectivity index (χ3n) is 4.65. The van der Waals surface area contributed by atoms with Gasteiger partial charge < -0.3 is 10.2 Å². The van der Waals surface area contributed by atoms with Crippen molar-refractivity contribution in [2.45, 2.75) is 20.0 Å². The lowest BCUT2D eigenvalue weighted by atomic mass is 10.1. The molecule has 3 aromatic rings. The van der Waals surface area contributed by atoms with Crippen LogP contribution in [-0.4, -0.2) is 21.4 Å². The largest absolute Gasteiger partial charge is 0.505 e. The number of aromatic hydroxyl groups is 1. The Morgan fingerprint density at radius 1 is 1.12 bits per heavy atom. The van der Waals surface area contributed by atoms with E-state index in [1.165, 1.54) is 22.3 Å². The van der Waals surface area contributed by atoms with Gasteiger partial charge in [0.25, 0.3) is 0 Å². The van der Waals surface area contributed by atoms with Gasteiger partial charge in [-0.2, -0.15) is 0 Å². The average Bonchev–Trinajstić information content (AvgIpc) is 3.01. The number of aromatic nitrogens is 1. The molecule has 0 atom stereocenters. The molecule has 124 valence electrons. The Labute approximate surface area is 146 Å². The van der Waals surface area contributed by atoms with E-state index in [2.05, 4.69) is 46.4 Å². The summed E-state index contributed by atoms with van der Waals surface area (Å²) in [5.74, 6) is 0.0572. The molecule has 4 nitrogen and oxygen atoms in total. The topological polar surface area (TPSA) is 65.7 Å². The Hall–Kier alpha value is -2.98. The number of aryl methyl sites for hydroxylation is 1. The first kappa shape index (κ1) is 15.5. The van der Waals surface area contributed by atoms with Gasteiger partial charge in [0.15, 0.2) is 0 Å². The number of nitrogens with zero attached hydrogens (tertiary/aromatic N) is 2. The quantitative estimate of drug-likeness (QED) is 0.560. The van der Waals surface area contributed by atoms with Gasteiger partial charge in [-0.1, -0.05) is 30.3 Å². The zero-order valence-corrected chi connectivity index (χ0v) is 13.9. The van der Waals surface area contributed by atoms with E-state index < -0.39 is 0 Å². The third kappa shape index (κ3) is 2.71. The molecule has 1 aliphatic rings. The summed E-state index contributed by atoms with van der Waals surface area (Å²) >= 11 is 0. The lowest BCUT2D eigenvalue weighted by Crippen LogP contribution is -1.97. The maximum atomic E-state index is 10.2. The lowest BCUT2D eigenvalue weighted by molar-refractivity contribution is 0.280. The molecule has 4 heteroatoms. The van der Waals surface area contributed by atoms with Crippen LogP contribution in [0.2, 0.25) is 0 Å². The predicted octanol–water partition coefficient (Wildman–Crippen LogP) is 3.91. The van der Waals surface area contributed by atoms with E-state index in [-0.39, 0.29) is 12.4 Å². The molecule has 0 amide bonds. The maximum absolute atomic E-state index is 10.2. The molecule has 1 aromatic heterocycles. The smallest absolute Gasteiger partial charge is 0.145 e. The van der Waals surface area contributed by atoms with E-state index in [0.29, 0.717) is 16.8 Å². The van der Waals surface area contributed by atoms with Gasteiger partial charge in [0.2, 0.25) is 0 Å². The fourth-order valence-corrected chi connectivity index (χ4v) is 3.25. The van der Waals surface area contributed by atoms with Crippen molar-refractivity contribution >= 4 is 11.9 Å². The van der Waals surface area contributed by atoms with E-state index in [1.54, 1.807) is 19.3 Å². The summed E-state index contributed by atoms with van der Waals surface area (Å²) in [7, 11) is 0. The lowest BCUT2D eigenvalue weighted by Gasteiger charge is -2.07. The van der Waals surface area contributed by atoms with Crippen molar-refractivity contribution in [2.75, 3.05) is 0 Å². The van der Waals surface area contributed by atoms with Crippen LogP contribution in [0.15, 0.2) is 53.7 Å². The molecule has 2 aromatic carbocycles. The number of fused-ring (bicyclic) bond motifs is 3. The second kappa shape index (κ2) is 6.15. The minimum absolute atomic E-state index is 0.0572. The monoisotopic (exact) mass is 330 g/mol. The van der Waals surface area contributed by atoms with Gasteiger partial charge in [0, 0.05) is 23.5 Å². The van der Waals surface area contributed by atoms with Crippen LogP contribution in [0.25, 0.3) is 11.1 Å². The van der Waals surface area contributed by atoms with Gasteiger partial charge in [-0.05, 0) is 47.7 Å². The number of pyridine rings is 1. The van der Waals surface area contributed by atoms with Crippen LogP contribution in [-0.2, 0) is 13.0 Å². The highest BCUT2D eigenvalue weighted by molar-refractivity contribution is 5.88. The van der Waals surface area contributed by atoms with Gasteiger partial charge in [-0.3, -0.25) is 9.98 Å². The Morgan fingerprint density at radius 2 is 1.92 bits per heavy atom. The van der Waals surface area contributed by atoms with Gasteiger partial charge in [0.05, 0.1) is 18.0 Å². The molecule has 0 spiro atoms. The standard InChI is InChI=1S/C21H18N2O2/c1-13-21(25)20(16(12-24)10-22-13)11-23-17-7-6-15-8-14-4-2-3-5-18(14)19(15)9-17/h2-7,9-11,24-25H,8,12H2,1H3. The molecule has 0 radical (unpaired) electrons. The van der Waals surface area contributed by atoms with E-state index >= 15 is 0 Å². The molecule has 0 fully saturated rings. The second-order valence-electron chi connectivity index (χ2n) is 6.22. The number of rotatable bonds is 3. The number of aliphatic imine (C=N–C) groups is 1. The molecular weight excluding hydrogens is 312 g/mol. The molecule has 1 heterocycles. The number of hydrogen-bond donors (Lipinski definition) is 2. The van der Waals surface area contributed by atoms with Crippen LogP contribution < -0.4 is 0 Å². The predicted molar refractivity (Wildman–Crippen MR) is 98.5 cm³/mol. The summed E-state index contributed by atoms with van der Waals surface area (Å²) in [6.45, 7) is 1.53. The fraction of sp³-hybridized carbons (Fsp3) is 0.143. The second-order valence-corrected chi connectivity index (χ2v) is 6.22. The Bertz CT molecular complexity index is 993. The van der Waals surface area contributed by atoms with Gasteiger partial charge in [-0.25, -0.2) is 0 Å². The Balaban J connectivity index is 1.73. The SMILES string of the molecule is Cc1ncc(CO)c(C=Nc2ccc3c(c2)-c2ccccc2C3)c1O. The fourth-order valence-electron chi connectivity index (χ4n) is 3.25. The van der Waals surface area contributed by atoms with E-state index in [1.807, 2.05) is 6.07 Å². The highest BCUT2D eigenvalue weighted by Gasteiger charge is 2.17. The van der Waals surface area contributed by atoms with Crippen molar-refractivity contribution < 1.29 is 10.2 Å². The van der Waals surface area contributed by atoms with Crippen molar-refractivity contribution in [3.8, 4) is 16.9 Å². The Morgan fingerprint density at radius 3 is 2.76 bits per heavy atom.